The minimum Gasteiger partial charge on any atom is -0.388 e. The summed E-state index contributed by atoms with van der Waals surface area (Å²) < 4.78 is 0. The molecule has 0 aromatic carbocycles. The Hall–Kier alpha value is -0.640. The predicted octanol–water partition coefficient (Wildman–Crippen LogP) is 2.15. The number of allylic oxidation sites excluding steroid dienone is 2. The summed E-state index contributed by atoms with van der Waals surface area (Å²) in [7, 11) is 0. The second kappa shape index (κ2) is 4.97. The van der Waals surface area contributed by atoms with Gasteiger partial charge in [-0.15, -0.1) is 12.4 Å². The first-order chi connectivity index (χ1) is 9.23. The van der Waals surface area contributed by atoms with Crippen LogP contribution in [0.1, 0.15) is 38.5 Å². The van der Waals surface area contributed by atoms with E-state index in [0.29, 0.717) is 24.2 Å². The van der Waals surface area contributed by atoms with Crippen molar-refractivity contribution in [2.75, 3.05) is 6.54 Å². The third-order valence-electron chi connectivity index (χ3n) is 5.77. The molecule has 3 aliphatic carbocycles. The van der Waals surface area contributed by atoms with E-state index in [2.05, 4.69) is 17.5 Å². The van der Waals surface area contributed by atoms with Crippen molar-refractivity contribution in [3.8, 4) is 0 Å². The van der Waals surface area contributed by atoms with Crippen molar-refractivity contribution < 1.29 is 9.90 Å². The van der Waals surface area contributed by atoms with E-state index in [1.54, 1.807) is 0 Å². The summed E-state index contributed by atoms with van der Waals surface area (Å²) in [5, 5.41) is 13.9. The molecule has 3 nitrogen and oxygen atoms in total. The lowest BCUT2D eigenvalue weighted by Gasteiger charge is -2.55. The van der Waals surface area contributed by atoms with Gasteiger partial charge in [-0.1, -0.05) is 12.2 Å². The Kier molecular flexibility index (Phi) is 3.56. The highest BCUT2D eigenvalue weighted by atomic mass is 35.5. The zero-order valence-corrected chi connectivity index (χ0v) is 12.4. The molecular formula is C16H22ClNO2. The standard InChI is InChI=1S/C16H21NO2.ClH/c18-14-5-1-3-11-10(14)9-13-12-4-2-6-15(19)16(11,12)7-8-17-13;/h1,3,12-14,17-18H,2,4-9H2;1H/t12-,13+,14?,16+;/m0./s1. The minimum atomic E-state index is -0.366. The van der Waals surface area contributed by atoms with E-state index in [9.17, 15) is 9.90 Å². The third-order valence-corrected chi connectivity index (χ3v) is 5.77. The summed E-state index contributed by atoms with van der Waals surface area (Å²) in [5.74, 6) is 0.886. The fraction of sp³-hybridized carbons (Fsp3) is 0.688. The Labute approximate surface area is 125 Å². The second-order valence-electron chi connectivity index (χ2n) is 6.50. The monoisotopic (exact) mass is 295 g/mol. The topological polar surface area (TPSA) is 49.3 Å². The highest BCUT2D eigenvalue weighted by molar-refractivity contribution is 5.91. The van der Waals surface area contributed by atoms with Crippen LogP contribution >= 0.6 is 12.4 Å². The fourth-order valence-electron chi connectivity index (χ4n) is 4.99. The molecule has 0 radical (unpaired) electrons. The molecule has 1 saturated carbocycles. The number of halogens is 1. The number of nitrogens with one attached hydrogen (secondary N) is 1. The number of rotatable bonds is 0. The van der Waals surface area contributed by atoms with Crippen molar-refractivity contribution in [2.45, 2.75) is 50.7 Å². The summed E-state index contributed by atoms with van der Waals surface area (Å²) in [6, 6.07) is 0.401. The van der Waals surface area contributed by atoms with Crippen LogP contribution in [0, 0.1) is 11.3 Å². The lowest BCUT2D eigenvalue weighted by molar-refractivity contribution is -0.136. The van der Waals surface area contributed by atoms with Crippen LogP contribution in [0.2, 0.25) is 0 Å². The average Bonchev–Trinajstić information content (AvgIpc) is 2.40. The van der Waals surface area contributed by atoms with Crippen molar-refractivity contribution in [1.82, 2.24) is 5.32 Å². The molecular weight excluding hydrogens is 274 g/mol. The van der Waals surface area contributed by atoms with Gasteiger partial charge in [0.2, 0.25) is 0 Å². The van der Waals surface area contributed by atoms with Gasteiger partial charge in [0.25, 0.3) is 0 Å². The van der Waals surface area contributed by atoms with Crippen LogP contribution in [-0.4, -0.2) is 29.6 Å². The van der Waals surface area contributed by atoms with E-state index in [1.165, 1.54) is 5.57 Å². The molecule has 0 aromatic heterocycles. The molecule has 1 aliphatic heterocycles. The molecule has 2 bridgehead atoms. The van der Waals surface area contributed by atoms with Crippen molar-refractivity contribution >= 4 is 18.2 Å². The van der Waals surface area contributed by atoms with Gasteiger partial charge in [-0.25, -0.2) is 0 Å². The quantitative estimate of drug-likeness (QED) is 0.720. The van der Waals surface area contributed by atoms with Crippen LogP contribution in [0.3, 0.4) is 0 Å². The van der Waals surface area contributed by atoms with Gasteiger partial charge in [0, 0.05) is 12.5 Å². The van der Waals surface area contributed by atoms with Gasteiger partial charge in [-0.05, 0) is 55.7 Å². The van der Waals surface area contributed by atoms with E-state index in [4.69, 9.17) is 0 Å². The molecule has 0 aromatic rings. The first kappa shape index (κ1) is 14.3. The molecule has 2 N–H and O–H groups in total. The van der Waals surface area contributed by atoms with Crippen LogP contribution in [0.4, 0.5) is 0 Å². The number of aliphatic hydroxyl groups excluding tert-OH is 1. The van der Waals surface area contributed by atoms with E-state index < -0.39 is 0 Å². The van der Waals surface area contributed by atoms with Crippen LogP contribution in [0.5, 0.6) is 0 Å². The van der Waals surface area contributed by atoms with Gasteiger partial charge < -0.3 is 10.4 Å². The molecule has 1 unspecified atom stereocenters. The van der Waals surface area contributed by atoms with Gasteiger partial charge >= 0.3 is 0 Å². The zero-order chi connectivity index (χ0) is 13.0. The third kappa shape index (κ3) is 1.69. The van der Waals surface area contributed by atoms with Crippen molar-refractivity contribution in [2.24, 2.45) is 11.3 Å². The molecule has 4 rings (SSSR count). The maximum atomic E-state index is 12.7. The maximum Gasteiger partial charge on any atom is 0.143 e. The van der Waals surface area contributed by atoms with E-state index in [1.807, 2.05) is 0 Å². The van der Waals surface area contributed by atoms with Gasteiger partial charge in [-0.3, -0.25) is 4.79 Å². The van der Waals surface area contributed by atoms with Gasteiger partial charge in [0.05, 0.1) is 11.5 Å². The fourth-order valence-corrected chi connectivity index (χ4v) is 4.99. The van der Waals surface area contributed by atoms with E-state index >= 15 is 0 Å². The van der Waals surface area contributed by atoms with Crippen LogP contribution in [-0.2, 0) is 4.79 Å². The number of ketones is 1. The lowest BCUT2D eigenvalue weighted by Crippen LogP contribution is -2.61. The molecule has 1 heterocycles. The Balaban J connectivity index is 0.00000121. The first-order valence-electron chi connectivity index (χ1n) is 7.58. The molecule has 110 valence electrons. The molecule has 1 saturated heterocycles. The molecule has 4 atom stereocenters. The largest absolute Gasteiger partial charge is 0.388 e. The van der Waals surface area contributed by atoms with Gasteiger partial charge in [-0.2, -0.15) is 0 Å². The summed E-state index contributed by atoms with van der Waals surface area (Å²) in [5.41, 5.74) is 2.07. The molecule has 2 fully saturated rings. The normalized spacial score (nSPS) is 42.6. The Morgan fingerprint density at radius 1 is 1.40 bits per heavy atom. The Bertz CT molecular complexity index is 499. The Morgan fingerprint density at radius 3 is 3.10 bits per heavy atom. The van der Waals surface area contributed by atoms with Crippen LogP contribution < -0.4 is 5.32 Å². The lowest BCUT2D eigenvalue weighted by atomic mass is 9.51. The van der Waals surface area contributed by atoms with Crippen molar-refractivity contribution in [3.05, 3.63) is 23.3 Å². The molecule has 4 aliphatic rings. The number of aliphatic hydroxyl groups is 1. The number of Topliss-reactive ketones (excluding diaryl/α,β-unsaturated/α-hetero) is 1. The highest BCUT2D eigenvalue weighted by Crippen LogP contribution is 2.56. The number of hydrogen-bond acceptors (Lipinski definition) is 3. The summed E-state index contributed by atoms with van der Waals surface area (Å²) >= 11 is 0. The molecule has 0 spiro atoms. The summed E-state index contributed by atoms with van der Waals surface area (Å²) in [6.07, 6.45) is 9.32. The number of carbonyl (C=O) groups excluding carboxylic acids is 1. The number of carbonyl (C=O) groups is 1. The molecule has 4 heteroatoms. The van der Waals surface area contributed by atoms with Gasteiger partial charge in [0.1, 0.15) is 5.78 Å². The molecule has 20 heavy (non-hydrogen) atoms. The number of piperidine rings is 1. The van der Waals surface area contributed by atoms with Crippen molar-refractivity contribution in [1.29, 1.82) is 0 Å². The maximum absolute atomic E-state index is 12.7. The molecule has 0 amide bonds. The van der Waals surface area contributed by atoms with Crippen LogP contribution in [0.25, 0.3) is 0 Å². The van der Waals surface area contributed by atoms with E-state index in [-0.39, 0.29) is 23.9 Å². The van der Waals surface area contributed by atoms with E-state index in [0.717, 1.165) is 44.2 Å². The minimum absolute atomic E-state index is 0. The zero-order valence-electron chi connectivity index (χ0n) is 11.6. The first-order valence-corrected chi connectivity index (χ1v) is 7.58. The average molecular weight is 296 g/mol. The van der Waals surface area contributed by atoms with Crippen molar-refractivity contribution in [3.63, 3.8) is 0 Å². The Morgan fingerprint density at radius 2 is 2.25 bits per heavy atom. The summed E-state index contributed by atoms with van der Waals surface area (Å²) in [4.78, 5) is 12.7. The smallest absolute Gasteiger partial charge is 0.143 e. The second-order valence-corrected chi connectivity index (χ2v) is 6.50. The SMILES string of the molecule is Cl.O=C1CCC[C@H]2[C@H]3CC4=C(C=CCC4O)[C@@]12CCN3. The highest BCUT2D eigenvalue weighted by Gasteiger charge is 2.57. The predicted molar refractivity (Wildman–Crippen MR) is 79.8 cm³/mol. The number of hydrogen-bond donors (Lipinski definition) is 2. The summed E-state index contributed by atoms with van der Waals surface area (Å²) in [6.45, 7) is 0.938. The van der Waals surface area contributed by atoms with Gasteiger partial charge in [0.15, 0.2) is 0 Å². The van der Waals surface area contributed by atoms with Crippen LogP contribution in [0.15, 0.2) is 23.3 Å².